The van der Waals surface area contributed by atoms with Gasteiger partial charge in [-0.1, -0.05) is 29.8 Å². The second kappa shape index (κ2) is 6.78. The van der Waals surface area contributed by atoms with Crippen LogP contribution in [0.5, 0.6) is 0 Å². The number of aryl methyl sites for hydroxylation is 1. The van der Waals surface area contributed by atoms with E-state index in [1.807, 2.05) is 38.1 Å². The largest absolute Gasteiger partial charge is 0.387 e. The third-order valence-electron chi connectivity index (χ3n) is 3.51. The third kappa shape index (κ3) is 4.09. The SMILES string of the molecule is Cc1ccc(C(C)NCC(O)c2cc(F)ccc2F)cc1. The van der Waals surface area contributed by atoms with Gasteiger partial charge in [0, 0.05) is 18.2 Å². The van der Waals surface area contributed by atoms with E-state index >= 15 is 0 Å². The van der Waals surface area contributed by atoms with E-state index in [9.17, 15) is 13.9 Å². The lowest BCUT2D eigenvalue weighted by molar-refractivity contribution is 0.166. The molecule has 0 amide bonds. The van der Waals surface area contributed by atoms with Crippen LogP contribution in [0.4, 0.5) is 8.78 Å². The highest BCUT2D eigenvalue weighted by Crippen LogP contribution is 2.19. The zero-order valence-electron chi connectivity index (χ0n) is 12.1. The Morgan fingerprint density at radius 3 is 2.43 bits per heavy atom. The van der Waals surface area contributed by atoms with Gasteiger partial charge in [0.1, 0.15) is 11.6 Å². The Hall–Kier alpha value is -1.78. The molecule has 0 aliphatic rings. The van der Waals surface area contributed by atoms with Crippen LogP contribution >= 0.6 is 0 Å². The van der Waals surface area contributed by atoms with Gasteiger partial charge in [-0.05, 0) is 37.6 Å². The average Bonchev–Trinajstić information content (AvgIpc) is 2.47. The van der Waals surface area contributed by atoms with Gasteiger partial charge in [0.15, 0.2) is 0 Å². The van der Waals surface area contributed by atoms with Gasteiger partial charge < -0.3 is 10.4 Å². The maximum Gasteiger partial charge on any atom is 0.129 e. The van der Waals surface area contributed by atoms with Gasteiger partial charge in [-0.2, -0.15) is 0 Å². The highest BCUT2D eigenvalue weighted by Gasteiger charge is 2.15. The predicted octanol–water partition coefficient (Wildman–Crippen LogP) is 3.66. The summed E-state index contributed by atoms with van der Waals surface area (Å²) in [4.78, 5) is 0. The van der Waals surface area contributed by atoms with Crippen molar-refractivity contribution in [3.63, 3.8) is 0 Å². The van der Waals surface area contributed by atoms with E-state index < -0.39 is 17.7 Å². The van der Waals surface area contributed by atoms with Crippen molar-refractivity contribution < 1.29 is 13.9 Å². The summed E-state index contributed by atoms with van der Waals surface area (Å²) in [6.07, 6.45) is -1.09. The van der Waals surface area contributed by atoms with Crippen molar-refractivity contribution in [3.05, 3.63) is 70.8 Å². The Labute approximate surface area is 123 Å². The van der Waals surface area contributed by atoms with Crippen molar-refractivity contribution in [1.29, 1.82) is 0 Å². The van der Waals surface area contributed by atoms with Gasteiger partial charge in [0.2, 0.25) is 0 Å². The highest BCUT2D eigenvalue weighted by molar-refractivity contribution is 5.24. The van der Waals surface area contributed by atoms with E-state index in [-0.39, 0.29) is 18.2 Å². The van der Waals surface area contributed by atoms with Crippen LogP contribution < -0.4 is 5.32 Å². The number of hydrogen-bond acceptors (Lipinski definition) is 2. The minimum atomic E-state index is -1.09. The molecule has 2 nitrogen and oxygen atoms in total. The molecule has 2 atom stereocenters. The van der Waals surface area contributed by atoms with Crippen LogP contribution in [-0.2, 0) is 0 Å². The molecule has 0 saturated carbocycles. The molecule has 2 aromatic carbocycles. The molecule has 0 aromatic heterocycles. The number of aliphatic hydroxyl groups is 1. The molecule has 0 spiro atoms. The first kappa shape index (κ1) is 15.6. The maximum absolute atomic E-state index is 13.6. The summed E-state index contributed by atoms with van der Waals surface area (Å²) in [7, 11) is 0. The molecule has 2 unspecified atom stereocenters. The van der Waals surface area contributed by atoms with Crippen LogP contribution in [0.15, 0.2) is 42.5 Å². The summed E-state index contributed by atoms with van der Waals surface area (Å²) < 4.78 is 26.7. The van der Waals surface area contributed by atoms with Crippen molar-refractivity contribution in [1.82, 2.24) is 5.32 Å². The van der Waals surface area contributed by atoms with Gasteiger partial charge in [-0.3, -0.25) is 0 Å². The summed E-state index contributed by atoms with van der Waals surface area (Å²) in [6, 6.07) is 11.1. The number of rotatable bonds is 5. The molecule has 0 bridgehead atoms. The minimum absolute atomic E-state index is 0.0110. The van der Waals surface area contributed by atoms with Crippen molar-refractivity contribution in [2.45, 2.75) is 26.0 Å². The minimum Gasteiger partial charge on any atom is -0.387 e. The molecule has 4 heteroatoms. The molecule has 0 saturated heterocycles. The molecule has 0 heterocycles. The van der Waals surface area contributed by atoms with Crippen LogP contribution in [0, 0.1) is 18.6 Å². The van der Waals surface area contributed by atoms with Crippen LogP contribution in [0.25, 0.3) is 0 Å². The summed E-state index contributed by atoms with van der Waals surface area (Å²) in [5.41, 5.74) is 2.22. The van der Waals surface area contributed by atoms with Gasteiger partial charge >= 0.3 is 0 Å². The number of benzene rings is 2. The summed E-state index contributed by atoms with van der Waals surface area (Å²) >= 11 is 0. The summed E-state index contributed by atoms with van der Waals surface area (Å²) in [5.74, 6) is -1.16. The van der Waals surface area contributed by atoms with E-state index in [1.165, 1.54) is 5.56 Å². The monoisotopic (exact) mass is 291 g/mol. The van der Waals surface area contributed by atoms with Gasteiger partial charge in [-0.25, -0.2) is 8.78 Å². The Bertz CT molecular complexity index is 598. The topological polar surface area (TPSA) is 32.3 Å². The predicted molar refractivity (Wildman–Crippen MR) is 78.9 cm³/mol. The number of halogens is 2. The Kier molecular flexibility index (Phi) is 5.04. The first-order valence-electron chi connectivity index (χ1n) is 6.90. The molecule has 0 aliphatic heterocycles. The lowest BCUT2D eigenvalue weighted by Crippen LogP contribution is -2.25. The van der Waals surface area contributed by atoms with Gasteiger partial charge in [0.25, 0.3) is 0 Å². The fraction of sp³-hybridized carbons (Fsp3) is 0.294. The zero-order valence-corrected chi connectivity index (χ0v) is 12.1. The first-order chi connectivity index (χ1) is 9.97. The molecule has 112 valence electrons. The molecular formula is C17H19F2NO. The Morgan fingerprint density at radius 2 is 1.76 bits per heavy atom. The van der Waals surface area contributed by atoms with E-state index in [1.54, 1.807) is 0 Å². The van der Waals surface area contributed by atoms with Crippen LogP contribution in [0.1, 0.15) is 35.8 Å². The molecule has 2 rings (SSSR count). The molecular weight excluding hydrogens is 272 g/mol. The van der Waals surface area contributed by atoms with Crippen LogP contribution in [-0.4, -0.2) is 11.7 Å². The van der Waals surface area contributed by atoms with Crippen LogP contribution in [0.2, 0.25) is 0 Å². The Morgan fingerprint density at radius 1 is 1.10 bits per heavy atom. The van der Waals surface area contributed by atoms with Crippen molar-refractivity contribution in [2.24, 2.45) is 0 Å². The van der Waals surface area contributed by atoms with E-state index in [0.29, 0.717) is 0 Å². The maximum atomic E-state index is 13.6. The summed E-state index contributed by atoms with van der Waals surface area (Å²) in [5, 5.41) is 13.1. The van der Waals surface area contributed by atoms with E-state index in [2.05, 4.69) is 5.32 Å². The fourth-order valence-corrected chi connectivity index (χ4v) is 2.14. The zero-order chi connectivity index (χ0) is 15.4. The third-order valence-corrected chi connectivity index (χ3v) is 3.51. The second-order valence-electron chi connectivity index (χ2n) is 5.22. The van der Waals surface area contributed by atoms with Crippen molar-refractivity contribution >= 4 is 0 Å². The van der Waals surface area contributed by atoms with Crippen molar-refractivity contribution in [3.8, 4) is 0 Å². The first-order valence-corrected chi connectivity index (χ1v) is 6.90. The van der Waals surface area contributed by atoms with Crippen LogP contribution in [0.3, 0.4) is 0 Å². The van der Waals surface area contributed by atoms with E-state index in [4.69, 9.17) is 0 Å². The average molecular weight is 291 g/mol. The standard InChI is InChI=1S/C17H19F2NO/c1-11-3-5-13(6-4-11)12(2)20-10-17(21)15-9-14(18)7-8-16(15)19/h3-9,12,17,20-21H,10H2,1-2H3. The summed E-state index contributed by atoms with van der Waals surface area (Å²) in [6.45, 7) is 4.12. The lowest BCUT2D eigenvalue weighted by Gasteiger charge is -2.18. The number of nitrogens with one attached hydrogen (secondary N) is 1. The fourth-order valence-electron chi connectivity index (χ4n) is 2.14. The molecule has 0 aliphatic carbocycles. The second-order valence-corrected chi connectivity index (χ2v) is 5.22. The molecule has 21 heavy (non-hydrogen) atoms. The highest BCUT2D eigenvalue weighted by atomic mass is 19.1. The van der Waals surface area contributed by atoms with Crippen molar-refractivity contribution in [2.75, 3.05) is 6.54 Å². The quantitative estimate of drug-likeness (QED) is 0.881. The molecule has 2 N–H and O–H groups in total. The van der Waals surface area contributed by atoms with E-state index in [0.717, 1.165) is 23.8 Å². The van der Waals surface area contributed by atoms with Gasteiger partial charge in [-0.15, -0.1) is 0 Å². The smallest absolute Gasteiger partial charge is 0.129 e. The Balaban J connectivity index is 1.98. The van der Waals surface area contributed by atoms with Gasteiger partial charge in [0.05, 0.1) is 6.10 Å². The molecule has 2 aromatic rings. The molecule has 0 radical (unpaired) electrons. The normalized spacial score (nSPS) is 14.0. The number of aliphatic hydroxyl groups excluding tert-OH is 1. The number of hydrogen-bond donors (Lipinski definition) is 2. The molecule has 0 fully saturated rings. The lowest BCUT2D eigenvalue weighted by atomic mass is 10.1.